The van der Waals surface area contributed by atoms with Gasteiger partial charge in [-0.1, -0.05) is 41.4 Å². The number of amides is 1. The molecule has 0 atom stereocenters. The predicted molar refractivity (Wildman–Crippen MR) is 108 cm³/mol. The number of hydrogen-bond acceptors (Lipinski definition) is 4. The van der Waals surface area contributed by atoms with Gasteiger partial charge in [0, 0.05) is 11.6 Å². The lowest BCUT2D eigenvalue weighted by Crippen LogP contribution is -2.20. The number of anilines is 2. The molecule has 0 bridgehead atoms. The van der Waals surface area contributed by atoms with Crippen molar-refractivity contribution < 1.29 is 9.53 Å². The SMILES string of the molecule is Cc1ccc(OCC(=O)Nc2ccc(NCc3ccc(Cl)cc3)nc2)cc1. The van der Waals surface area contributed by atoms with Gasteiger partial charge in [-0.2, -0.15) is 0 Å². The highest BCUT2D eigenvalue weighted by atomic mass is 35.5. The van der Waals surface area contributed by atoms with Crippen LogP contribution in [-0.4, -0.2) is 17.5 Å². The summed E-state index contributed by atoms with van der Waals surface area (Å²) < 4.78 is 5.46. The van der Waals surface area contributed by atoms with E-state index in [4.69, 9.17) is 16.3 Å². The van der Waals surface area contributed by atoms with E-state index in [1.54, 1.807) is 12.3 Å². The molecule has 3 aromatic rings. The number of aryl methyl sites for hydroxylation is 1. The number of carbonyl (C=O) groups excluding carboxylic acids is 1. The van der Waals surface area contributed by atoms with Crippen molar-refractivity contribution in [1.82, 2.24) is 4.98 Å². The highest BCUT2D eigenvalue weighted by Gasteiger charge is 2.04. The molecule has 2 N–H and O–H groups in total. The third-order valence-corrected chi connectivity index (χ3v) is 4.08. The summed E-state index contributed by atoms with van der Waals surface area (Å²) in [4.78, 5) is 16.3. The zero-order chi connectivity index (χ0) is 19.1. The third kappa shape index (κ3) is 6.01. The van der Waals surface area contributed by atoms with Gasteiger partial charge in [-0.25, -0.2) is 4.98 Å². The van der Waals surface area contributed by atoms with Gasteiger partial charge in [0.1, 0.15) is 11.6 Å². The summed E-state index contributed by atoms with van der Waals surface area (Å²) in [6, 6.07) is 18.8. The lowest BCUT2D eigenvalue weighted by atomic mass is 10.2. The Morgan fingerprint density at radius 2 is 1.78 bits per heavy atom. The molecule has 6 heteroatoms. The van der Waals surface area contributed by atoms with Crippen molar-refractivity contribution in [2.24, 2.45) is 0 Å². The van der Waals surface area contributed by atoms with E-state index in [2.05, 4.69) is 15.6 Å². The number of nitrogens with one attached hydrogen (secondary N) is 2. The predicted octanol–water partition coefficient (Wildman–Crippen LogP) is 4.67. The van der Waals surface area contributed by atoms with Gasteiger partial charge in [-0.05, 0) is 48.9 Å². The van der Waals surface area contributed by atoms with Crippen LogP contribution in [0.25, 0.3) is 0 Å². The van der Waals surface area contributed by atoms with E-state index in [-0.39, 0.29) is 12.5 Å². The van der Waals surface area contributed by atoms with Crippen LogP contribution >= 0.6 is 11.6 Å². The fourth-order valence-electron chi connectivity index (χ4n) is 2.35. The molecule has 0 aliphatic carbocycles. The number of benzene rings is 2. The van der Waals surface area contributed by atoms with Crippen LogP contribution in [0.3, 0.4) is 0 Å². The van der Waals surface area contributed by atoms with Gasteiger partial charge in [-0.15, -0.1) is 0 Å². The molecule has 0 fully saturated rings. The van der Waals surface area contributed by atoms with E-state index in [0.717, 1.165) is 16.9 Å². The number of pyridine rings is 1. The minimum Gasteiger partial charge on any atom is -0.484 e. The van der Waals surface area contributed by atoms with Gasteiger partial charge in [0.2, 0.25) is 0 Å². The van der Waals surface area contributed by atoms with Crippen LogP contribution in [0.2, 0.25) is 5.02 Å². The van der Waals surface area contributed by atoms with Crippen LogP contribution in [-0.2, 0) is 11.3 Å². The van der Waals surface area contributed by atoms with Crippen LogP contribution in [0.15, 0.2) is 66.9 Å². The molecule has 0 spiro atoms. The summed E-state index contributed by atoms with van der Waals surface area (Å²) in [6.45, 7) is 2.58. The monoisotopic (exact) mass is 381 g/mol. The minimum absolute atomic E-state index is 0.0559. The first-order valence-electron chi connectivity index (χ1n) is 8.52. The van der Waals surface area contributed by atoms with Crippen molar-refractivity contribution in [2.45, 2.75) is 13.5 Å². The van der Waals surface area contributed by atoms with Crippen molar-refractivity contribution in [3.05, 3.63) is 83.0 Å². The lowest BCUT2D eigenvalue weighted by molar-refractivity contribution is -0.118. The number of carbonyl (C=O) groups is 1. The van der Waals surface area contributed by atoms with Gasteiger partial charge in [0.15, 0.2) is 6.61 Å². The zero-order valence-electron chi connectivity index (χ0n) is 14.9. The lowest BCUT2D eigenvalue weighted by Gasteiger charge is -2.09. The van der Waals surface area contributed by atoms with Gasteiger partial charge in [0.25, 0.3) is 5.91 Å². The molecule has 0 aliphatic rings. The van der Waals surface area contributed by atoms with Gasteiger partial charge < -0.3 is 15.4 Å². The Morgan fingerprint density at radius 3 is 2.44 bits per heavy atom. The highest BCUT2D eigenvalue weighted by molar-refractivity contribution is 6.30. The van der Waals surface area contributed by atoms with Crippen molar-refractivity contribution in [3.8, 4) is 5.75 Å². The molecular formula is C21H20ClN3O2. The number of aromatic nitrogens is 1. The molecule has 0 radical (unpaired) electrons. The smallest absolute Gasteiger partial charge is 0.262 e. The first-order chi connectivity index (χ1) is 13.1. The van der Waals surface area contributed by atoms with E-state index in [9.17, 15) is 4.79 Å². The van der Waals surface area contributed by atoms with Crippen LogP contribution in [0.4, 0.5) is 11.5 Å². The Morgan fingerprint density at radius 1 is 1.04 bits per heavy atom. The van der Waals surface area contributed by atoms with E-state index >= 15 is 0 Å². The number of halogens is 1. The van der Waals surface area contributed by atoms with Gasteiger partial charge in [0.05, 0.1) is 11.9 Å². The van der Waals surface area contributed by atoms with Crippen LogP contribution in [0.1, 0.15) is 11.1 Å². The van der Waals surface area contributed by atoms with E-state index in [1.807, 2.05) is 61.5 Å². The van der Waals surface area contributed by atoms with Crippen LogP contribution in [0.5, 0.6) is 5.75 Å². The molecule has 3 rings (SSSR count). The summed E-state index contributed by atoms with van der Waals surface area (Å²) in [5.41, 5.74) is 2.86. The average molecular weight is 382 g/mol. The molecule has 138 valence electrons. The fourth-order valence-corrected chi connectivity index (χ4v) is 2.47. The maximum atomic E-state index is 12.0. The second-order valence-electron chi connectivity index (χ2n) is 6.06. The Labute approximate surface area is 163 Å². The van der Waals surface area contributed by atoms with Crippen LogP contribution in [0, 0.1) is 6.92 Å². The summed E-state index contributed by atoms with van der Waals surface area (Å²) in [6.07, 6.45) is 1.61. The highest BCUT2D eigenvalue weighted by Crippen LogP contribution is 2.14. The molecule has 1 amide bonds. The summed E-state index contributed by atoms with van der Waals surface area (Å²) in [5.74, 6) is 1.15. The first-order valence-corrected chi connectivity index (χ1v) is 8.90. The Kier molecular flexibility index (Phi) is 6.28. The third-order valence-electron chi connectivity index (χ3n) is 3.83. The summed E-state index contributed by atoms with van der Waals surface area (Å²) in [7, 11) is 0. The molecule has 5 nitrogen and oxygen atoms in total. The average Bonchev–Trinajstić information content (AvgIpc) is 2.68. The molecular weight excluding hydrogens is 362 g/mol. The molecule has 27 heavy (non-hydrogen) atoms. The molecule has 0 unspecified atom stereocenters. The normalized spacial score (nSPS) is 10.3. The summed E-state index contributed by atoms with van der Waals surface area (Å²) in [5, 5.41) is 6.69. The number of hydrogen-bond donors (Lipinski definition) is 2. The fraction of sp³-hybridized carbons (Fsp3) is 0.143. The number of ether oxygens (including phenoxy) is 1. The molecule has 0 saturated carbocycles. The Bertz CT molecular complexity index is 879. The van der Waals surface area contributed by atoms with Gasteiger partial charge in [-0.3, -0.25) is 4.79 Å². The maximum Gasteiger partial charge on any atom is 0.262 e. The number of rotatable bonds is 7. The second-order valence-corrected chi connectivity index (χ2v) is 6.50. The number of nitrogens with zero attached hydrogens (tertiary/aromatic N) is 1. The molecule has 1 heterocycles. The van der Waals surface area contributed by atoms with Crippen LogP contribution < -0.4 is 15.4 Å². The van der Waals surface area contributed by atoms with Gasteiger partial charge >= 0.3 is 0 Å². The van der Waals surface area contributed by atoms with Crippen molar-refractivity contribution in [3.63, 3.8) is 0 Å². The van der Waals surface area contributed by atoms with E-state index in [0.29, 0.717) is 23.0 Å². The Balaban J connectivity index is 1.45. The first kappa shape index (κ1) is 18.7. The molecule has 1 aromatic heterocycles. The van der Waals surface area contributed by atoms with Crippen molar-refractivity contribution in [1.29, 1.82) is 0 Å². The van der Waals surface area contributed by atoms with Crippen molar-refractivity contribution >= 4 is 29.0 Å². The largest absolute Gasteiger partial charge is 0.484 e. The standard InChI is InChI=1S/C21H20ClN3O2/c1-15-2-9-19(10-3-15)27-14-21(26)25-18-8-11-20(24-13-18)23-12-16-4-6-17(22)7-5-16/h2-11,13H,12,14H2,1H3,(H,23,24)(H,25,26). The minimum atomic E-state index is -0.237. The second kappa shape index (κ2) is 9.05. The topological polar surface area (TPSA) is 63.2 Å². The zero-order valence-corrected chi connectivity index (χ0v) is 15.7. The molecule has 0 saturated heterocycles. The molecule has 2 aromatic carbocycles. The van der Waals surface area contributed by atoms with Crippen molar-refractivity contribution in [2.75, 3.05) is 17.2 Å². The summed E-state index contributed by atoms with van der Waals surface area (Å²) >= 11 is 5.88. The van der Waals surface area contributed by atoms with E-state index in [1.165, 1.54) is 0 Å². The quantitative estimate of drug-likeness (QED) is 0.624. The Hall–Kier alpha value is -3.05. The molecule has 0 aliphatic heterocycles. The maximum absolute atomic E-state index is 12.0. The van der Waals surface area contributed by atoms with E-state index < -0.39 is 0 Å².